The number of aromatic amines is 1. The molecule has 3 rings (SSSR count). The lowest BCUT2D eigenvalue weighted by molar-refractivity contribution is 0.598. The van der Waals surface area contributed by atoms with E-state index in [-0.39, 0.29) is 4.90 Å². The van der Waals surface area contributed by atoms with Gasteiger partial charge in [-0.3, -0.25) is 0 Å². The van der Waals surface area contributed by atoms with Crippen LogP contribution in [0.25, 0.3) is 22.5 Å². The summed E-state index contributed by atoms with van der Waals surface area (Å²) in [4.78, 5) is 7.39. The number of nitrogens with zero attached hydrogens (tertiary/aromatic N) is 1. The minimum absolute atomic E-state index is 0.0919. The fourth-order valence-corrected chi connectivity index (χ4v) is 2.75. The molecular formula is C15H13N3O2S. The zero-order valence-corrected chi connectivity index (χ0v) is 11.8. The van der Waals surface area contributed by atoms with Crippen LogP contribution in [0.5, 0.6) is 0 Å². The second-order valence-corrected chi connectivity index (χ2v) is 6.12. The minimum Gasteiger partial charge on any atom is -0.345 e. The molecule has 1 heterocycles. The molecule has 0 amide bonds. The van der Waals surface area contributed by atoms with E-state index < -0.39 is 10.0 Å². The van der Waals surface area contributed by atoms with Crippen LogP contribution in [0.1, 0.15) is 0 Å². The Hall–Kier alpha value is -2.44. The van der Waals surface area contributed by atoms with E-state index in [0.717, 1.165) is 22.5 Å². The number of hydrogen-bond donors (Lipinski definition) is 2. The Kier molecular flexibility index (Phi) is 3.32. The molecule has 6 heteroatoms. The van der Waals surface area contributed by atoms with Crippen molar-refractivity contribution in [2.24, 2.45) is 5.14 Å². The molecule has 21 heavy (non-hydrogen) atoms. The average molecular weight is 299 g/mol. The molecule has 3 aromatic rings. The number of rotatable bonds is 3. The lowest BCUT2D eigenvalue weighted by Gasteiger charge is -2.09. The topological polar surface area (TPSA) is 88.8 Å². The summed E-state index contributed by atoms with van der Waals surface area (Å²) in [6.07, 6.45) is 3.42. The van der Waals surface area contributed by atoms with Crippen molar-refractivity contribution in [3.8, 4) is 22.5 Å². The number of H-pyrrole nitrogens is 1. The Morgan fingerprint density at radius 1 is 1.00 bits per heavy atom. The first kappa shape index (κ1) is 13.5. The lowest BCUT2D eigenvalue weighted by Crippen LogP contribution is -2.11. The van der Waals surface area contributed by atoms with E-state index >= 15 is 0 Å². The maximum Gasteiger partial charge on any atom is 0.238 e. The van der Waals surface area contributed by atoms with Crippen molar-refractivity contribution in [2.75, 3.05) is 0 Å². The standard InChI is InChI=1S/C15H13N3O2S/c16-21(19,20)12-5-3-4-11(10-12)13-6-1-2-7-14(13)15-17-8-9-18-15/h1-10H,(H,17,18)(H2,16,19,20). The van der Waals surface area contributed by atoms with Gasteiger partial charge >= 0.3 is 0 Å². The third kappa shape index (κ3) is 2.72. The van der Waals surface area contributed by atoms with Crippen molar-refractivity contribution in [1.29, 1.82) is 0 Å². The van der Waals surface area contributed by atoms with Gasteiger partial charge in [0.15, 0.2) is 0 Å². The number of nitrogens with two attached hydrogens (primary N) is 1. The SMILES string of the molecule is NS(=O)(=O)c1cccc(-c2ccccc2-c2ncc[nH]2)c1. The summed E-state index contributed by atoms with van der Waals surface area (Å²) >= 11 is 0. The highest BCUT2D eigenvalue weighted by atomic mass is 32.2. The van der Waals surface area contributed by atoms with Crippen LogP contribution in [0.4, 0.5) is 0 Å². The predicted octanol–water partition coefficient (Wildman–Crippen LogP) is 2.39. The number of aromatic nitrogens is 2. The van der Waals surface area contributed by atoms with Gasteiger partial charge in [-0.1, -0.05) is 36.4 Å². The van der Waals surface area contributed by atoms with Crippen LogP contribution < -0.4 is 5.14 Å². The molecule has 3 N–H and O–H groups in total. The molecule has 0 saturated heterocycles. The Morgan fingerprint density at radius 3 is 2.43 bits per heavy atom. The van der Waals surface area contributed by atoms with Gasteiger partial charge in [0.2, 0.25) is 10.0 Å². The predicted molar refractivity (Wildman–Crippen MR) is 80.8 cm³/mol. The normalized spacial score (nSPS) is 11.5. The summed E-state index contributed by atoms with van der Waals surface area (Å²) in [6, 6.07) is 14.2. The van der Waals surface area contributed by atoms with Crippen LogP contribution >= 0.6 is 0 Å². The number of sulfonamides is 1. The van der Waals surface area contributed by atoms with Crippen LogP contribution in [0.15, 0.2) is 65.8 Å². The number of primary sulfonamides is 1. The summed E-state index contributed by atoms with van der Waals surface area (Å²) in [5, 5.41) is 5.19. The Morgan fingerprint density at radius 2 is 1.76 bits per heavy atom. The first-order chi connectivity index (χ1) is 10.1. The third-order valence-electron chi connectivity index (χ3n) is 3.15. The molecular weight excluding hydrogens is 286 g/mol. The highest BCUT2D eigenvalue weighted by Gasteiger charge is 2.12. The molecule has 0 bridgehead atoms. The zero-order chi connectivity index (χ0) is 14.9. The van der Waals surface area contributed by atoms with Crippen molar-refractivity contribution >= 4 is 10.0 Å². The summed E-state index contributed by atoms with van der Waals surface area (Å²) in [7, 11) is -3.72. The van der Waals surface area contributed by atoms with E-state index in [9.17, 15) is 8.42 Å². The van der Waals surface area contributed by atoms with E-state index in [1.807, 2.05) is 30.3 Å². The molecule has 0 saturated carbocycles. The van der Waals surface area contributed by atoms with Gasteiger partial charge in [-0.15, -0.1) is 0 Å². The fraction of sp³-hybridized carbons (Fsp3) is 0. The van der Waals surface area contributed by atoms with E-state index in [1.165, 1.54) is 6.07 Å². The highest BCUT2D eigenvalue weighted by molar-refractivity contribution is 7.89. The second kappa shape index (κ2) is 5.16. The van der Waals surface area contributed by atoms with Gasteiger partial charge in [0.25, 0.3) is 0 Å². The molecule has 0 aliphatic rings. The summed E-state index contributed by atoms with van der Waals surface area (Å²) < 4.78 is 23.0. The summed E-state index contributed by atoms with van der Waals surface area (Å²) in [5.74, 6) is 0.728. The van der Waals surface area contributed by atoms with Gasteiger partial charge in [-0.2, -0.15) is 0 Å². The van der Waals surface area contributed by atoms with Crippen molar-refractivity contribution in [3.63, 3.8) is 0 Å². The van der Waals surface area contributed by atoms with Crippen LogP contribution in [0.2, 0.25) is 0 Å². The van der Waals surface area contributed by atoms with E-state index in [4.69, 9.17) is 5.14 Å². The minimum atomic E-state index is -3.72. The Balaban J connectivity index is 2.18. The number of imidazole rings is 1. The van der Waals surface area contributed by atoms with Gasteiger partial charge in [-0.05, 0) is 23.3 Å². The molecule has 1 aromatic heterocycles. The van der Waals surface area contributed by atoms with Crippen LogP contribution in [-0.4, -0.2) is 18.4 Å². The summed E-state index contributed by atoms with van der Waals surface area (Å²) in [5.41, 5.74) is 2.56. The van der Waals surface area contributed by atoms with Crippen molar-refractivity contribution in [1.82, 2.24) is 9.97 Å². The third-order valence-corrected chi connectivity index (χ3v) is 4.06. The summed E-state index contributed by atoms with van der Waals surface area (Å²) in [6.45, 7) is 0. The molecule has 0 spiro atoms. The lowest BCUT2D eigenvalue weighted by atomic mass is 9.99. The largest absolute Gasteiger partial charge is 0.345 e. The van der Waals surface area contributed by atoms with Gasteiger partial charge in [0.1, 0.15) is 5.82 Å². The molecule has 106 valence electrons. The fourth-order valence-electron chi connectivity index (χ4n) is 2.19. The van der Waals surface area contributed by atoms with Crippen molar-refractivity contribution < 1.29 is 8.42 Å². The van der Waals surface area contributed by atoms with Gasteiger partial charge in [0, 0.05) is 18.0 Å². The van der Waals surface area contributed by atoms with Gasteiger partial charge in [0.05, 0.1) is 4.90 Å². The maximum atomic E-state index is 11.5. The first-order valence-corrected chi connectivity index (χ1v) is 7.82. The van der Waals surface area contributed by atoms with Crippen LogP contribution in [0.3, 0.4) is 0 Å². The zero-order valence-electron chi connectivity index (χ0n) is 11.0. The number of benzene rings is 2. The van der Waals surface area contributed by atoms with Gasteiger partial charge < -0.3 is 4.98 Å². The molecule has 5 nitrogen and oxygen atoms in total. The Bertz CT molecular complexity index is 871. The highest BCUT2D eigenvalue weighted by Crippen LogP contribution is 2.30. The van der Waals surface area contributed by atoms with Crippen molar-refractivity contribution in [2.45, 2.75) is 4.90 Å². The molecule has 0 aliphatic heterocycles. The van der Waals surface area contributed by atoms with E-state index in [1.54, 1.807) is 24.5 Å². The molecule has 0 unspecified atom stereocenters. The van der Waals surface area contributed by atoms with Crippen molar-refractivity contribution in [3.05, 3.63) is 60.9 Å². The first-order valence-electron chi connectivity index (χ1n) is 6.28. The molecule has 0 fully saturated rings. The molecule has 0 atom stereocenters. The van der Waals surface area contributed by atoms with E-state index in [2.05, 4.69) is 9.97 Å². The molecule has 0 aliphatic carbocycles. The average Bonchev–Trinajstić information content (AvgIpc) is 3.01. The van der Waals surface area contributed by atoms with E-state index in [0.29, 0.717) is 0 Å². The maximum absolute atomic E-state index is 11.5. The number of hydrogen-bond acceptors (Lipinski definition) is 3. The van der Waals surface area contributed by atoms with Gasteiger partial charge in [-0.25, -0.2) is 18.5 Å². The van der Waals surface area contributed by atoms with Crippen LogP contribution in [-0.2, 0) is 10.0 Å². The monoisotopic (exact) mass is 299 g/mol. The quantitative estimate of drug-likeness (QED) is 0.778. The molecule has 0 radical (unpaired) electrons. The van der Waals surface area contributed by atoms with Crippen LogP contribution in [0, 0.1) is 0 Å². The smallest absolute Gasteiger partial charge is 0.238 e. The number of nitrogens with one attached hydrogen (secondary N) is 1. The second-order valence-electron chi connectivity index (χ2n) is 4.56. The molecule has 2 aromatic carbocycles. The Labute approximate surface area is 122 Å².